The summed E-state index contributed by atoms with van der Waals surface area (Å²) in [5.74, 6) is 6.16. The Labute approximate surface area is 95.4 Å². The first kappa shape index (κ1) is 12.1. The molecule has 0 aromatic heterocycles. The van der Waals surface area contributed by atoms with Crippen LogP contribution in [0.5, 0.6) is 5.75 Å². The van der Waals surface area contributed by atoms with E-state index in [2.05, 4.69) is 16.6 Å². The maximum Gasteiger partial charge on any atom is 0.317 e. The standard InChI is InChI=1S/C13H14O3/c1-10-9-11(7-8-12(10)15-2)5-4-6-13(14)16-3/h7-9H,6H2,1-3H3. The third-order valence-electron chi connectivity index (χ3n) is 2.09. The van der Waals surface area contributed by atoms with Crippen LogP contribution in [-0.4, -0.2) is 20.2 Å². The lowest BCUT2D eigenvalue weighted by Gasteiger charge is -2.03. The smallest absolute Gasteiger partial charge is 0.317 e. The third-order valence-corrected chi connectivity index (χ3v) is 2.09. The maximum atomic E-state index is 10.8. The molecule has 0 aliphatic rings. The van der Waals surface area contributed by atoms with Gasteiger partial charge in [-0.25, -0.2) is 0 Å². The molecule has 3 nitrogen and oxygen atoms in total. The summed E-state index contributed by atoms with van der Waals surface area (Å²) in [4.78, 5) is 10.8. The highest BCUT2D eigenvalue weighted by atomic mass is 16.5. The second-order valence-electron chi connectivity index (χ2n) is 3.24. The van der Waals surface area contributed by atoms with Gasteiger partial charge in [-0.05, 0) is 30.7 Å². The molecule has 0 atom stereocenters. The number of carbonyl (C=O) groups is 1. The lowest BCUT2D eigenvalue weighted by molar-refractivity contribution is -0.139. The number of hydrogen-bond donors (Lipinski definition) is 0. The molecular weight excluding hydrogens is 204 g/mol. The van der Waals surface area contributed by atoms with E-state index in [1.165, 1.54) is 7.11 Å². The number of ether oxygens (including phenoxy) is 2. The second kappa shape index (κ2) is 5.82. The molecule has 0 amide bonds. The minimum absolute atomic E-state index is 0.113. The van der Waals surface area contributed by atoms with E-state index >= 15 is 0 Å². The molecule has 0 radical (unpaired) electrons. The molecule has 1 aromatic rings. The molecule has 0 aliphatic heterocycles. The number of methoxy groups -OCH3 is 2. The summed E-state index contributed by atoms with van der Waals surface area (Å²) in [6.45, 7) is 1.95. The zero-order valence-electron chi connectivity index (χ0n) is 9.66. The van der Waals surface area contributed by atoms with Gasteiger partial charge in [0.05, 0.1) is 14.2 Å². The van der Waals surface area contributed by atoms with Crippen molar-refractivity contribution in [3.05, 3.63) is 29.3 Å². The quantitative estimate of drug-likeness (QED) is 0.562. The van der Waals surface area contributed by atoms with Crippen LogP contribution in [0.4, 0.5) is 0 Å². The van der Waals surface area contributed by atoms with Gasteiger partial charge >= 0.3 is 5.97 Å². The number of benzene rings is 1. The third kappa shape index (κ3) is 3.32. The van der Waals surface area contributed by atoms with Gasteiger partial charge < -0.3 is 9.47 Å². The Balaban J connectivity index is 2.75. The van der Waals surface area contributed by atoms with Gasteiger partial charge in [0.2, 0.25) is 0 Å². The number of hydrogen-bond acceptors (Lipinski definition) is 3. The van der Waals surface area contributed by atoms with Gasteiger partial charge in [0.15, 0.2) is 0 Å². The van der Waals surface area contributed by atoms with Crippen LogP contribution >= 0.6 is 0 Å². The van der Waals surface area contributed by atoms with Gasteiger partial charge in [-0.1, -0.05) is 11.8 Å². The molecule has 0 saturated heterocycles. The van der Waals surface area contributed by atoms with E-state index in [0.717, 1.165) is 16.9 Å². The first-order chi connectivity index (χ1) is 7.67. The number of esters is 1. The lowest BCUT2D eigenvalue weighted by atomic mass is 10.1. The molecule has 84 valence electrons. The predicted molar refractivity (Wildman–Crippen MR) is 61.2 cm³/mol. The minimum atomic E-state index is -0.322. The molecular formula is C13H14O3. The van der Waals surface area contributed by atoms with Crippen LogP contribution in [0.1, 0.15) is 17.5 Å². The Bertz CT molecular complexity index is 438. The normalized spacial score (nSPS) is 8.94. The Hall–Kier alpha value is -1.95. The largest absolute Gasteiger partial charge is 0.496 e. The van der Waals surface area contributed by atoms with Crippen LogP contribution in [0.15, 0.2) is 18.2 Å². The van der Waals surface area contributed by atoms with Gasteiger partial charge in [-0.3, -0.25) is 4.79 Å². The number of aryl methyl sites for hydroxylation is 1. The summed E-state index contributed by atoms with van der Waals surface area (Å²) >= 11 is 0. The first-order valence-corrected chi connectivity index (χ1v) is 4.87. The van der Waals surface area contributed by atoms with Crippen molar-refractivity contribution in [3.8, 4) is 17.6 Å². The highest BCUT2D eigenvalue weighted by Gasteiger charge is 1.98. The highest BCUT2D eigenvalue weighted by molar-refractivity contribution is 5.72. The SMILES string of the molecule is COC(=O)CC#Cc1ccc(OC)c(C)c1. The van der Waals surface area contributed by atoms with E-state index in [1.807, 2.05) is 25.1 Å². The first-order valence-electron chi connectivity index (χ1n) is 4.87. The fraction of sp³-hybridized carbons (Fsp3) is 0.308. The van der Waals surface area contributed by atoms with Gasteiger partial charge in [0.1, 0.15) is 12.2 Å². The van der Waals surface area contributed by atoms with Gasteiger partial charge in [-0.2, -0.15) is 0 Å². The molecule has 0 bridgehead atoms. The summed E-state index contributed by atoms with van der Waals surface area (Å²) in [7, 11) is 2.98. The van der Waals surface area contributed by atoms with E-state index < -0.39 is 0 Å². The van der Waals surface area contributed by atoms with Crippen LogP contribution in [-0.2, 0) is 9.53 Å². The molecule has 0 unspecified atom stereocenters. The lowest BCUT2D eigenvalue weighted by Crippen LogP contribution is -1.97. The average molecular weight is 218 g/mol. The summed E-state index contributed by atoms with van der Waals surface area (Å²) in [5, 5.41) is 0. The maximum absolute atomic E-state index is 10.8. The van der Waals surface area contributed by atoms with Crippen LogP contribution < -0.4 is 4.74 Å². The molecule has 0 saturated carbocycles. The number of carbonyl (C=O) groups excluding carboxylic acids is 1. The average Bonchev–Trinajstić information content (AvgIpc) is 2.29. The Kier molecular flexibility index (Phi) is 4.41. The molecule has 3 heteroatoms. The topological polar surface area (TPSA) is 35.5 Å². The van der Waals surface area contributed by atoms with Crippen molar-refractivity contribution in [1.29, 1.82) is 0 Å². The minimum Gasteiger partial charge on any atom is -0.496 e. The van der Waals surface area contributed by atoms with Crippen molar-refractivity contribution < 1.29 is 14.3 Å². The fourth-order valence-electron chi connectivity index (χ4n) is 1.25. The summed E-state index contributed by atoms with van der Waals surface area (Å²) in [5.41, 5.74) is 1.88. The zero-order valence-corrected chi connectivity index (χ0v) is 9.66. The molecule has 0 N–H and O–H groups in total. The van der Waals surface area contributed by atoms with E-state index in [9.17, 15) is 4.79 Å². The van der Waals surface area contributed by atoms with E-state index in [0.29, 0.717) is 0 Å². The molecule has 1 aromatic carbocycles. The Morgan fingerprint density at radius 2 is 2.12 bits per heavy atom. The van der Waals surface area contributed by atoms with Crippen LogP contribution in [0.3, 0.4) is 0 Å². The second-order valence-corrected chi connectivity index (χ2v) is 3.24. The van der Waals surface area contributed by atoms with Crippen molar-refractivity contribution in [2.24, 2.45) is 0 Å². The van der Waals surface area contributed by atoms with Gasteiger partial charge in [-0.15, -0.1) is 0 Å². The van der Waals surface area contributed by atoms with E-state index in [1.54, 1.807) is 7.11 Å². The van der Waals surface area contributed by atoms with Crippen molar-refractivity contribution in [3.63, 3.8) is 0 Å². The van der Waals surface area contributed by atoms with E-state index in [-0.39, 0.29) is 12.4 Å². The summed E-state index contributed by atoms with van der Waals surface area (Å²) < 4.78 is 9.62. The van der Waals surface area contributed by atoms with Crippen molar-refractivity contribution >= 4 is 5.97 Å². The van der Waals surface area contributed by atoms with Crippen molar-refractivity contribution in [2.75, 3.05) is 14.2 Å². The monoisotopic (exact) mass is 218 g/mol. The molecule has 1 rings (SSSR count). The fourth-order valence-corrected chi connectivity index (χ4v) is 1.25. The molecule has 16 heavy (non-hydrogen) atoms. The van der Waals surface area contributed by atoms with Crippen LogP contribution in [0.2, 0.25) is 0 Å². The molecule has 0 spiro atoms. The van der Waals surface area contributed by atoms with Crippen molar-refractivity contribution in [2.45, 2.75) is 13.3 Å². The summed E-state index contributed by atoms with van der Waals surface area (Å²) in [6.07, 6.45) is 0.113. The summed E-state index contributed by atoms with van der Waals surface area (Å²) in [6, 6.07) is 5.64. The Morgan fingerprint density at radius 3 is 2.69 bits per heavy atom. The molecule has 0 heterocycles. The number of rotatable bonds is 2. The highest BCUT2D eigenvalue weighted by Crippen LogP contribution is 2.17. The predicted octanol–water partition coefficient (Wildman–Crippen LogP) is 1.92. The van der Waals surface area contributed by atoms with E-state index in [4.69, 9.17) is 4.74 Å². The van der Waals surface area contributed by atoms with Crippen LogP contribution in [0.25, 0.3) is 0 Å². The van der Waals surface area contributed by atoms with Gasteiger partial charge in [0.25, 0.3) is 0 Å². The van der Waals surface area contributed by atoms with Gasteiger partial charge in [0, 0.05) is 5.56 Å². The molecule has 0 fully saturated rings. The molecule has 0 aliphatic carbocycles. The zero-order chi connectivity index (χ0) is 12.0. The van der Waals surface area contributed by atoms with Crippen LogP contribution in [0, 0.1) is 18.8 Å². The Morgan fingerprint density at radius 1 is 1.38 bits per heavy atom. The van der Waals surface area contributed by atoms with Crippen molar-refractivity contribution in [1.82, 2.24) is 0 Å².